The second-order valence-corrected chi connectivity index (χ2v) is 10.9. The number of thioether (sulfide) groups is 1. The highest BCUT2D eigenvalue weighted by molar-refractivity contribution is 9.10. The van der Waals surface area contributed by atoms with E-state index in [9.17, 15) is 19.2 Å². The fourth-order valence-electron chi connectivity index (χ4n) is 3.50. The van der Waals surface area contributed by atoms with E-state index < -0.39 is 29.6 Å². The normalized spacial score (nSPS) is 14.1. The predicted octanol–water partition coefficient (Wildman–Crippen LogP) is 6.80. The van der Waals surface area contributed by atoms with Crippen LogP contribution in [0.25, 0.3) is 6.08 Å². The molecule has 4 rings (SSSR count). The lowest BCUT2D eigenvalue weighted by Crippen LogP contribution is -2.36. The monoisotopic (exact) mass is 648 g/mol. The van der Waals surface area contributed by atoms with E-state index in [-0.39, 0.29) is 27.8 Å². The number of nitrogens with zero attached hydrogens (tertiary/aromatic N) is 1. The molecule has 0 unspecified atom stereocenters. The third kappa shape index (κ3) is 7.21. The summed E-state index contributed by atoms with van der Waals surface area (Å²) >= 11 is 16.1. The fourth-order valence-corrected chi connectivity index (χ4v) is 5.03. The highest BCUT2D eigenvalue weighted by Crippen LogP contribution is 2.35. The van der Waals surface area contributed by atoms with Crippen molar-refractivity contribution in [1.29, 1.82) is 0 Å². The Morgan fingerprint density at radius 2 is 1.79 bits per heavy atom. The summed E-state index contributed by atoms with van der Waals surface area (Å²) in [5, 5.41) is 2.74. The van der Waals surface area contributed by atoms with Crippen LogP contribution in [0, 0.1) is 0 Å². The Bertz CT molecular complexity index is 1500. The van der Waals surface area contributed by atoms with Crippen LogP contribution < -0.4 is 10.1 Å². The zero-order valence-corrected chi connectivity index (χ0v) is 24.1. The van der Waals surface area contributed by atoms with Crippen LogP contribution in [-0.4, -0.2) is 41.6 Å². The molecule has 3 aromatic carbocycles. The van der Waals surface area contributed by atoms with E-state index in [0.29, 0.717) is 16.3 Å². The molecule has 0 radical (unpaired) electrons. The first-order valence-electron chi connectivity index (χ1n) is 11.2. The maximum Gasteiger partial charge on any atom is 0.339 e. The first-order valence-corrected chi connectivity index (χ1v) is 13.6. The van der Waals surface area contributed by atoms with Gasteiger partial charge < -0.3 is 14.8 Å². The Kier molecular flexibility index (Phi) is 9.34. The maximum absolute atomic E-state index is 13.0. The molecule has 1 aliphatic heterocycles. The van der Waals surface area contributed by atoms with Gasteiger partial charge in [-0.1, -0.05) is 51.3 Å². The molecule has 12 heteroatoms. The number of imide groups is 1. The van der Waals surface area contributed by atoms with Crippen LogP contribution in [0.15, 0.2) is 70.0 Å². The molecule has 0 aromatic heterocycles. The van der Waals surface area contributed by atoms with Crippen molar-refractivity contribution in [2.24, 2.45) is 0 Å². The number of carbonyl (C=O) groups is 4. The van der Waals surface area contributed by atoms with E-state index in [0.717, 1.165) is 26.7 Å². The van der Waals surface area contributed by atoms with Crippen molar-refractivity contribution in [3.8, 4) is 5.75 Å². The number of amides is 3. The third-order valence-electron chi connectivity index (χ3n) is 5.40. The predicted molar refractivity (Wildman–Crippen MR) is 154 cm³/mol. The average Bonchev–Trinajstić information content (AvgIpc) is 3.17. The lowest BCUT2D eigenvalue weighted by molar-refractivity contribution is -0.127. The third-order valence-corrected chi connectivity index (χ3v) is 7.38. The van der Waals surface area contributed by atoms with E-state index >= 15 is 0 Å². The van der Waals surface area contributed by atoms with Gasteiger partial charge >= 0.3 is 5.97 Å². The average molecular weight is 650 g/mol. The molecule has 3 aromatic rings. The topological polar surface area (TPSA) is 102 Å². The Morgan fingerprint density at radius 1 is 1.05 bits per heavy atom. The minimum absolute atomic E-state index is 0.0641. The van der Waals surface area contributed by atoms with E-state index in [2.05, 4.69) is 26.0 Å². The molecule has 0 spiro atoms. The van der Waals surface area contributed by atoms with Gasteiger partial charge in [0, 0.05) is 20.7 Å². The van der Waals surface area contributed by atoms with Crippen LogP contribution in [0.2, 0.25) is 10.0 Å². The van der Waals surface area contributed by atoms with Gasteiger partial charge in [-0.3, -0.25) is 19.3 Å². The number of hydrogen-bond acceptors (Lipinski definition) is 7. The Morgan fingerprint density at radius 3 is 2.51 bits per heavy atom. The summed E-state index contributed by atoms with van der Waals surface area (Å²) in [7, 11) is 1.21. The van der Waals surface area contributed by atoms with Crippen molar-refractivity contribution >= 4 is 85.7 Å². The summed E-state index contributed by atoms with van der Waals surface area (Å²) in [6.07, 6.45) is 1.55. The van der Waals surface area contributed by atoms with E-state index in [1.165, 1.54) is 25.3 Å². The van der Waals surface area contributed by atoms with E-state index in [4.69, 9.17) is 27.9 Å². The highest BCUT2D eigenvalue weighted by atomic mass is 79.9. The number of hydrogen-bond donors (Lipinski definition) is 1. The van der Waals surface area contributed by atoms with Gasteiger partial charge in [-0.2, -0.15) is 0 Å². The van der Waals surface area contributed by atoms with Crippen molar-refractivity contribution in [1.82, 2.24) is 4.90 Å². The van der Waals surface area contributed by atoms with Gasteiger partial charge in [-0.15, -0.1) is 0 Å². The van der Waals surface area contributed by atoms with E-state index in [1.54, 1.807) is 36.4 Å². The van der Waals surface area contributed by atoms with Gasteiger partial charge in [0.25, 0.3) is 11.1 Å². The lowest BCUT2D eigenvalue weighted by atomic mass is 10.1. The minimum atomic E-state index is -0.670. The van der Waals surface area contributed by atoms with Crippen LogP contribution in [0.5, 0.6) is 5.75 Å². The second-order valence-electron chi connectivity index (χ2n) is 8.10. The standard InChI is InChI=1S/C27H19BrCl2N2O6S/c1-37-26(35)20-12-19(7-8-21(20)30)31-24(33)13-32-25(34)23(39-27(32)36)11-16-10-17(28)4-9-22(16)38-14-15-2-5-18(29)6-3-15/h2-12H,13-14H2,1H3,(H,31,33)/b23-11+. The number of halogens is 3. The van der Waals surface area contributed by atoms with Crippen LogP contribution in [0.3, 0.4) is 0 Å². The molecule has 200 valence electrons. The molecule has 39 heavy (non-hydrogen) atoms. The SMILES string of the molecule is COC(=O)c1cc(NC(=O)CN2C(=O)S/C(=C/c3cc(Br)ccc3OCc3ccc(Cl)cc3)C2=O)ccc1Cl. The Hall–Kier alpha value is -3.31. The second kappa shape index (κ2) is 12.7. The van der Waals surface area contributed by atoms with Crippen molar-refractivity contribution in [2.45, 2.75) is 6.61 Å². The first kappa shape index (κ1) is 28.7. The maximum atomic E-state index is 13.0. The molecule has 0 atom stereocenters. The number of rotatable bonds is 8. The first-order chi connectivity index (χ1) is 18.6. The lowest BCUT2D eigenvalue weighted by Gasteiger charge is -2.13. The molecule has 0 saturated carbocycles. The molecule has 1 aliphatic rings. The minimum Gasteiger partial charge on any atom is -0.488 e. The van der Waals surface area contributed by atoms with Crippen LogP contribution in [0.4, 0.5) is 10.5 Å². The molecule has 1 N–H and O–H groups in total. The molecule has 1 saturated heterocycles. The Labute approximate surface area is 246 Å². The van der Waals surface area contributed by atoms with Crippen molar-refractivity contribution in [3.05, 3.63) is 96.8 Å². The zero-order valence-electron chi connectivity index (χ0n) is 20.2. The number of benzene rings is 3. The fraction of sp³-hybridized carbons (Fsp3) is 0.111. The number of ether oxygens (including phenoxy) is 2. The van der Waals surface area contributed by atoms with Gasteiger partial charge in [-0.05, 0) is 71.9 Å². The molecular formula is C27H19BrCl2N2O6S. The number of carbonyl (C=O) groups excluding carboxylic acids is 4. The Balaban J connectivity index is 1.47. The van der Waals surface area contributed by atoms with Crippen molar-refractivity contribution in [3.63, 3.8) is 0 Å². The van der Waals surface area contributed by atoms with Gasteiger partial charge in [-0.25, -0.2) is 4.79 Å². The highest BCUT2D eigenvalue weighted by Gasteiger charge is 2.36. The summed E-state index contributed by atoms with van der Waals surface area (Å²) < 4.78 is 11.4. The zero-order chi connectivity index (χ0) is 28.1. The number of nitrogens with one attached hydrogen (secondary N) is 1. The summed E-state index contributed by atoms with van der Waals surface area (Å²) in [6.45, 7) is -0.250. The van der Waals surface area contributed by atoms with Crippen LogP contribution in [0.1, 0.15) is 21.5 Å². The number of anilines is 1. The number of methoxy groups -OCH3 is 1. The van der Waals surface area contributed by atoms with Gasteiger partial charge in [0.15, 0.2) is 0 Å². The summed E-state index contributed by atoms with van der Waals surface area (Å²) in [5.41, 5.74) is 1.79. The van der Waals surface area contributed by atoms with Crippen molar-refractivity contribution in [2.75, 3.05) is 19.0 Å². The summed E-state index contributed by atoms with van der Waals surface area (Å²) in [4.78, 5) is 51.1. The summed E-state index contributed by atoms with van der Waals surface area (Å²) in [5.74, 6) is -1.42. The quantitative estimate of drug-likeness (QED) is 0.212. The molecule has 1 heterocycles. The molecule has 3 amide bonds. The molecule has 0 bridgehead atoms. The van der Waals surface area contributed by atoms with Crippen LogP contribution in [-0.2, 0) is 20.9 Å². The summed E-state index contributed by atoms with van der Waals surface area (Å²) in [6, 6.07) is 16.8. The van der Waals surface area contributed by atoms with Crippen LogP contribution >= 0.6 is 50.9 Å². The smallest absolute Gasteiger partial charge is 0.339 e. The van der Waals surface area contributed by atoms with Gasteiger partial charge in [0.2, 0.25) is 5.91 Å². The molecular weight excluding hydrogens is 631 g/mol. The van der Waals surface area contributed by atoms with Gasteiger partial charge in [0.05, 0.1) is 22.6 Å². The van der Waals surface area contributed by atoms with Gasteiger partial charge in [0.1, 0.15) is 18.9 Å². The van der Waals surface area contributed by atoms with E-state index in [1.807, 2.05) is 12.1 Å². The molecule has 8 nitrogen and oxygen atoms in total. The number of esters is 1. The van der Waals surface area contributed by atoms with Crippen molar-refractivity contribution < 1.29 is 28.7 Å². The largest absolute Gasteiger partial charge is 0.488 e. The molecule has 0 aliphatic carbocycles. The molecule has 1 fully saturated rings.